The van der Waals surface area contributed by atoms with Gasteiger partial charge in [0.05, 0.1) is 0 Å². The quantitative estimate of drug-likeness (QED) is 0.817. The highest BCUT2D eigenvalue weighted by atomic mass is 19.1. The van der Waals surface area contributed by atoms with Crippen molar-refractivity contribution in [2.75, 3.05) is 0 Å². The van der Waals surface area contributed by atoms with Crippen LogP contribution in [0.5, 0.6) is 0 Å². The molecule has 88 valence electrons. The van der Waals surface area contributed by atoms with Crippen LogP contribution in [-0.4, -0.2) is 11.7 Å². The summed E-state index contributed by atoms with van der Waals surface area (Å²) < 4.78 is 13.5. The van der Waals surface area contributed by atoms with Crippen LogP contribution in [0.2, 0.25) is 0 Å². The SMILES string of the molecule is NC1=NC(=Nc2ccccc2F)c2ccccc21. The Bertz CT molecular complexity index is 674. The highest BCUT2D eigenvalue weighted by molar-refractivity contribution is 6.22. The van der Waals surface area contributed by atoms with Crippen molar-refractivity contribution < 1.29 is 4.39 Å². The van der Waals surface area contributed by atoms with Crippen molar-refractivity contribution in [3.05, 3.63) is 65.5 Å². The van der Waals surface area contributed by atoms with Crippen LogP contribution in [0, 0.1) is 5.82 Å². The van der Waals surface area contributed by atoms with Crippen LogP contribution < -0.4 is 5.73 Å². The van der Waals surface area contributed by atoms with Crippen molar-refractivity contribution in [2.45, 2.75) is 0 Å². The maximum Gasteiger partial charge on any atom is 0.162 e. The summed E-state index contributed by atoms with van der Waals surface area (Å²) in [7, 11) is 0. The van der Waals surface area contributed by atoms with Crippen LogP contribution >= 0.6 is 0 Å². The van der Waals surface area contributed by atoms with Gasteiger partial charge in [0, 0.05) is 11.1 Å². The number of amidine groups is 2. The van der Waals surface area contributed by atoms with Crippen LogP contribution in [0.3, 0.4) is 0 Å². The molecule has 0 amide bonds. The summed E-state index contributed by atoms with van der Waals surface area (Å²) in [5.41, 5.74) is 7.74. The maximum absolute atomic E-state index is 13.5. The topological polar surface area (TPSA) is 50.7 Å². The fraction of sp³-hybridized carbons (Fsp3) is 0. The molecule has 2 N–H and O–H groups in total. The molecule has 4 heteroatoms. The molecular formula is C14H10FN3. The molecular weight excluding hydrogens is 229 g/mol. The molecule has 2 aromatic carbocycles. The fourth-order valence-electron chi connectivity index (χ4n) is 1.88. The fourth-order valence-corrected chi connectivity index (χ4v) is 1.88. The molecule has 0 bridgehead atoms. The van der Waals surface area contributed by atoms with Crippen molar-refractivity contribution in [1.82, 2.24) is 0 Å². The average molecular weight is 239 g/mol. The van der Waals surface area contributed by atoms with Crippen LogP contribution in [0.1, 0.15) is 11.1 Å². The van der Waals surface area contributed by atoms with Gasteiger partial charge >= 0.3 is 0 Å². The summed E-state index contributed by atoms with van der Waals surface area (Å²) in [4.78, 5) is 8.39. The molecule has 0 atom stereocenters. The molecule has 1 heterocycles. The Morgan fingerprint density at radius 2 is 1.61 bits per heavy atom. The zero-order valence-electron chi connectivity index (χ0n) is 9.47. The van der Waals surface area contributed by atoms with Gasteiger partial charge < -0.3 is 5.73 Å². The standard InChI is InChI=1S/C14H10FN3/c15-11-7-3-4-8-12(11)17-14-10-6-2-1-5-9(10)13(16)18-14/h1-8H,(H2,16,17,18). The molecule has 3 rings (SSSR count). The Balaban J connectivity index is 2.13. The molecule has 0 saturated carbocycles. The molecule has 0 fully saturated rings. The van der Waals surface area contributed by atoms with Crippen molar-refractivity contribution in [1.29, 1.82) is 0 Å². The number of hydrogen-bond donors (Lipinski definition) is 1. The lowest BCUT2D eigenvalue weighted by Crippen LogP contribution is -2.09. The van der Waals surface area contributed by atoms with Gasteiger partial charge in [-0.1, -0.05) is 36.4 Å². The second-order valence-electron chi connectivity index (χ2n) is 3.93. The molecule has 0 saturated heterocycles. The highest BCUT2D eigenvalue weighted by Gasteiger charge is 2.18. The number of nitrogens with two attached hydrogens (primary N) is 1. The van der Waals surface area contributed by atoms with Crippen molar-refractivity contribution in [3.8, 4) is 0 Å². The van der Waals surface area contributed by atoms with Gasteiger partial charge in [0.1, 0.15) is 17.3 Å². The van der Waals surface area contributed by atoms with E-state index in [9.17, 15) is 4.39 Å². The van der Waals surface area contributed by atoms with Gasteiger partial charge in [0.15, 0.2) is 5.84 Å². The van der Waals surface area contributed by atoms with E-state index in [1.165, 1.54) is 6.07 Å². The third kappa shape index (κ3) is 1.68. The predicted octanol–water partition coefficient (Wildman–Crippen LogP) is 2.62. The summed E-state index contributed by atoms with van der Waals surface area (Å²) in [5.74, 6) is 0.497. The van der Waals surface area contributed by atoms with E-state index in [4.69, 9.17) is 5.73 Å². The molecule has 0 aromatic heterocycles. The number of nitrogens with zero attached hydrogens (tertiary/aromatic N) is 2. The molecule has 0 unspecified atom stereocenters. The van der Waals surface area contributed by atoms with Crippen LogP contribution in [0.25, 0.3) is 0 Å². The van der Waals surface area contributed by atoms with E-state index >= 15 is 0 Å². The largest absolute Gasteiger partial charge is 0.383 e. The molecule has 0 radical (unpaired) electrons. The van der Waals surface area contributed by atoms with Crippen molar-refractivity contribution in [2.24, 2.45) is 15.7 Å². The molecule has 0 aliphatic carbocycles. The Morgan fingerprint density at radius 1 is 0.944 bits per heavy atom. The average Bonchev–Trinajstić information content (AvgIpc) is 2.70. The molecule has 0 spiro atoms. The molecule has 18 heavy (non-hydrogen) atoms. The van der Waals surface area contributed by atoms with Crippen LogP contribution in [0.15, 0.2) is 58.5 Å². The van der Waals surface area contributed by atoms with E-state index in [2.05, 4.69) is 9.98 Å². The second-order valence-corrected chi connectivity index (χ2v) is 3.93. The normalized spacial score (nSPS) is 15.6. The first kappa shape index (κ1) is 10.7. The summed E-state index contributed by atoms with van der Waals surface area (Å²) in [5, 5.41) is 0. The van der Waals surface area contributed by atoms with Crippen molar-refractivity contribution >= 4 is 17.4 Å². The molecule has 3 nitrogen and oxygen atoms in total. The van der Waals surface area contributed by atoms with E-state index in [0.29, 0.717) is 11.7 Å². The maximum atomic E-state index is 13.5. The van der Waals surface area contributed by atoms with E-state index in [-0.39, 0.29) is 11.5 Å². The first-order valence-electron chi connectivity index (χ1n) is 5.53. The second kappa shape index (κ2) is 4.07. The number of halogens is 1. The monoisotopic (exact) mass is 239 g/mol. The summed E-state index contributed by atoms with van der Waals surface area (Å²) in [6.07, 6.45) is 0. The lowest BCUT2D eigenvalue weighted by atomic mass is 10.1. The third-order valence-corrected chi connectivity index (χ3v) is 2.75. The van der Waals surface area contributed by atoms with Gasteiger partial charge in [-0.25, -0.2) is 14.4 Å². The van der Waals surface area contributed by atoms with Gasteiger partial charge in [-0.05, 0) is 12.1 Å². The van der Waals surface area contributed by atoms with Gasteiger partial charge in [-0.15, -0.1) is 0 Å². The smallest absolute Gasteiger partial charge is 0.162 e. The third-order valence-electron chi connectivity index (χ3n) is 2.75. The summed E-state index contributed by atoms with van der Waals surface area (Å²) in [6, 6.07) is 13.8. The number of hydrogen-bond acceptors (Lipinski definition) is 2. The number of benzene rings is 2. The zero-order valence-corrected chi connectivity index (χ0v) is 9.47. The first-order valence-corrected chi connectivity index (χ1v) is 5.53. The number of rotatable bonds is 1. The van der Waals surface area contributed by atoms with E-state index in [1.807, 2.05) is 24.3 Å². The Morgan fingerprint density at radius 3 is 2.39 bits per heavy atom. The Kier molecular flexibility index (Phi) is 2.41. The number of fused-ring (bicyclic) bond motifs is 1. The summed E-state index contributed by atoms with van der Waals surface area (Å²) >= 11 is 0. The van der Waals surface area contributed by atoms with E-state index in [0.717, 1.165) is 11.1 Å². The minimum absolute atomic E-state index is 0.265. The molecule has 1 aliphatic heterocycles. The molecule has 1 aliphatic rings. The first-order chi connectivity index (χ1) is 8.75. The van der Waals surface area contributed by atoms with Gasteiger partial charge in [-0.3, -0.25) is 0 Å². The zero-order chi connectivity index (χ0) is 12.5. The highest BCUT2D eigenvalue weighted by Crippen LogP contribution is 2.23. The van der Waals surface area contributed by atoms with Crippen LogP contribution in [0.4, 0.5) is 10.1 Å². The minimum Gasteiger partial charge on any atom is -0.383 e. The lowest BCUT2D eigenvalue weighted by Gasteiger charge is -1.99. The van der Waals surface area contributed by atoms with Crippen LogP contribution in [-0.2, 0) is 0 Å². The minimum atomic E-state index is -0.372. The van der Waals surface area contributed by atoms with Gasteiger partial charge in [-0.2, -0.15) is 0 Å². The predicted molar refractivity (Wildman–Crippen MR) is 69.8 cm³/mol. The lowest BCUT2D eigenvalue weighted by molar-refractivity contribution is 0.630. The van der Waals surface area contributed by atoms with Gasteiger partial charge in [0.2, 0.25) is 0 Å². The number of aliphatic imine (C=N–C) groups is 2. The number of para-hydroxylation sites is 1. The van der Waals surface area contributed by atoms with Gasteiger partial charge in [0.25, 0.3) is 0 Å². The van der Waals surface area contributed by atoms with Crippen molar-refractivity contribution in [3.63, 3.8) is 0 Å². The van der Waals surface area contributed by atoms with E-state index in [1.54, 1.807) is 18.2 Å². The summed E-state index contributed by atoms with van der Waals surface area (Å²) in [6.45, 7) is 0. The molecule has 2 aromatic rings. The Hall–Kier alpha value is -2.49. The Labute approximate surface area is 104 Å². The van der Waals surface area contributed by atoms with E-state index < -0.39 is 0 Å².